The Kier molecular flexibility index (Phi) is 4.72. The molecule has 2 aromatic rings. The van der Waals surface area contributed by atoms with Gasteiger partial charge in [0.05, 0.1) is 10.2 Å². The van der Waals surface area contributed by atoms with Crippen LogP contribution in [0.4, 0.5) is 11.4 Å². The molecule has 7 heteroatoms. The summed E-state index contributed by atoms with van der Waals surface area (Å²) in [5.41, 5.74) is 7.19. The molecule has 0 atom stereocenters. The Morgan fingerprint density at radius 2 is 1.65 bits per heavy atom. The van der Waals surface area contributed by atoms with Crippen molar-refractivity contribution in [2.24, 2.45) is 0 Å². The van der Waals surface area contributed by atoms with Crippen molar-refractivity contribution in [1.82, 2.24) is 0 Å². The smallest absolute Gasteiger partial charge is 0.255 e. The number of phenolic OH excluding ortho intramolecular Hbond substituents is 1. The van der Waals surface area contributed by atoms with Crippen LogP contribution >= 0.6 is 47.8 Å². The van der Waals surface area contributed by atoms with Gasteiger partial charge in [-0.1, -0.05) is 0 Å². The summed E-state index contributed by atoms with van der Waals surface area (Å²) in [7, 11) is 0. The van der Waals surface area contributed by atoms with Crippen molar-refractivity contribution in [3.8, 4) is 5.75 Å². The highest BCUT2D eigenvalue weighted by molar-refractivity contribution is 9.11. The number of carbonyl (C=O) groups is 1. The van der Waals surface area contributed by atoms with Crippen LogP contribution in [-0.4, -0.2) is 11.0 Å². The van der Waals surface area contributed by atoms with Gasteiger partial charge in [0.25, 0.3) is 5.91 Å². The van der Waals surface area contributed by atoms with Gasteiger partial charge in [0.2, 0.25) is 0 Å². The Balaban J connectivity index is 2.30. The molecule has 0 bridgehead atoms. The first-order valence-corrected chi connectivity index (χ1v) is 7.81. The maximum absolute atomic E-state index is 12.2. The third-order valence-corrected chi connectivity index (χ3v) is 4.43. The van der Waals surface area contributed by atoms with Gasteiger partial charge in [-0.25, -0.2) is 0 Å². The number of carbonyl (C=O) groups excluding carboxylic acids is 1. The van der Waals surface area contributed by atoms with E-state index in [-0.39, 0.29) is 11.7 Å². The molecule has 0 aliphatic heterocycles. The first kappa shape index (κ1) is 15.3. The quantitative estimate of drug-likeness (QED) is 0.572. The van der Waals surface area contributed by atoms with Crippen molar-refractivity contribution in [3.63, 3.8) is 0 Å². The zero-order valence-corrected chi connectivity index (χ0v) is 14.7. The van der Waals surface area contributed by atoms with Crippen LogP contribution in [0.3, 0.4) is 0 Å². The maximum Gasteiger partial charge on any atom is 0.255 e. The van der Waals surface area contributed by atoms with Gasteiger partial charge in [-0.2, -0.15) is 0 Å². The number of amides is 1. The first-order chi connectivity index (χ1) is 9.38. The lowest BCUT2D eigenvalue weighted by molar-refractivity contribution is 0.102. The number of benzene rings is 2. The van der Waals surface area contributed by atoms with E-state index in [2.05, 4.69) is 53.1 Å². The molecule has 0 radical (unpaired) electrons. The zero-order chi connectivity index (χ0) is 14.9. The molecule has 2 aromatic carbocycles. The van der Waals surface area contributed by atoms with Gasteiger partial charge in [0, 0.05) is 20.2 Å². The minimum Gasteiger partial charge on any atom is -0.507 e. The largest absolute Gasteiger partial charge is 0.507 e. The molecule has 0 aliphatic rings. The van der Waals surface area contributed by atoms with Crippen LogP contribution in [0, 0.1) is 0 Å². The van der Waals surface area contributed by atoms with Crippen LogP contribution in [0.15, 0.2) is 43.7 Å². The van der Waals surface area contributed by atoms with E-state index in [1.165, 1.54) is 6.07 Å². The number of nitrogen functional groups attached to an aromatic ring is 1. The maximum atomic E-state index is 12.2. The Hall–Kier alpha value is -1.05. The highest BCUT2D eigenvalue weighted by Crippen LogP contribution is 2.34. The molecular weight excluding hydrogens is 456 g/mol. The van der Waals surface area contributed by atoms with Crippen molar-refractivity contribution in [3.05, 3.63) is 49.3 Å². The highest BCUT2D eigenvalue weighted by atomic mass is 79.9. The summed E-state index contributed by atoms with van der Waals surface area (Å²) in [5, 5.41) is 12.4. The second-order valence-corrected chi connectivity index (χ2v) is 6.54. The summed E-state index contributed by atoms with van der Waals surface area (Å²) >= 11 is 9.85. The van der Waals surface area contributed by atoms with E-state index in [1.807, 2.05) is 0 Å². The number of anilines is 2. The van der Waals surface area contributed by atoms with Crippen LogP contribution in [0.5, 0.6) is 5.75 Å². The molecule has 20 heavy (non-hydrogen) atoms. The number of aromatic hydroxyl groups is 1. The fourth-order valence-electron chi connectivity index (χ4n) is 1.55. The molecular formula is C13H9Br3N2O2. The Bertz CT molecular complexity index is 666. The first-order valence-electron chi connectivity index (χ1n) is 5.43. The van der Waals surface area contributed by atoms with E-state index in [4.69, 9.17) is 5.73 Å². The fraction of sp³-hybridized carbons (Fsp3) is 0. The molecule has 104 valence electrons. The van der Waals surface area contributed by atoms with Crippen LogP contribution in [0.2, 0.25) is 0 Å². The van der Waals surface area contributed by atoms with Gasteiger partial charge >= 0.3 is 0 Å². The summed E-state index contributed by atoms with van der Waals surface area (Å²) in [5.74, 6) is -0.327. The lowest BCUT2D eigenvalue weighted by atomic mass is 10.2. The normalized spacial score (nSPS) is 10.3. The molecule has 0 unspecified atom stereocenters. The minimum absolute atomic E-state index is 0.00749. The summed E-state index contributed by atoms with van der Waals surface area (Å²) in [4.78, 5) is 12.2. The third-order valence-electron chi connectivity index (χ3n) is 2.51. The molecule has 0 saturated carbocycles. The number of halogens is 3. The van der Waals surface area contributed by atoms with Gasteiger partial charge in [-0.3, -0.25) is 4.79 Å². The Morgan fingerprint density at radius 1 is 1.05 bits per heavy atom. The molecule has 0 heterocycles. The average Bonchev–Trinajstić information content (AvgIpc) is 2.36. The number of rotatable bonds is 2. The van der Waals surface area contributed by atoms with Gasteiger partial charge in [0.1, 0.15) is 5.75 Å². The number of nitrogens with one attached hydrogen (secondary N) is 1. The topological polar surface area (TPSA) is 75.3 Å². The van der Waals surface area contributed by atoms with Crippen molar-refractivity contribution < 1.29 is 9.90 Å². The molecule has 0 fully saturated rings. The SMILES string of the molecule is Nc1cc(Br)c(NC(=O)c2ccc(Br)c(O)c2)c(Br)c1. The van der Waals surface area contributed by atoms with Crippen molar-refractivity contribution in [2.75, 3.05) is 11.1 Å². The van der Waals surface area contributed by atoms with Crippen LogP contribution in [0.1, 0.15) is 10.4 Å². The Morgan fingerprint density at radius 3 is 2.20 bits per heavy atom. The second kappa shape index (κ2) is 6.15. The number of hydrogen-bond donors (Lipinski definition) is 3. The summed E-state index contributed by atoms with van der Waals surface area (Å²) in [6.07, 6.45) is 0. The van der Waals surface area contributed by atoms with Gasteiger partial charge in [0.15, 0.2) is 0 Å². The molecule has 0 saturated heterocycles. The summed E-state index contributed by atoms with van der Waals surface area (Å²) in [6.45, 7) is 0. The van der Waals surface area contributed by atoms with E-state index in [0.717, 1.165) is 0 Å². The highest BCUT2D eigenvalue weighted by Gasteiger charge is 2.13. The van der Waals surface area contributed by atoms with Gasteiger partial charge < -0.3 is 16.2 Å². The van der Waals surface area contributed by atoms with Crippen LogP contribution in [-0.2, 0) is 0 Å². The van der Waals surface area contributed by atoms with E-state index in [1.54, 1.807) is 24.3 Å². The van der Waals surface area contributed by atoms with Crippen molar-refractivity contribution in [2.45, 2.75) is 0 Å². The molecule has 2 rings (SSSR count). The van der Waals surface area contributed by atoms with E-state index in [9.17, 15) is 9.90 Å². The molecule has 0 aliphatic carbocycles. The van der Waals surface area contributed by atoms with Gasteiger partial charge in [-0.05, 0) is 78.1 Å². The predicted molar refractivity (Wildman–Crippen MR) is 90.0 cm³/mol. The average molecular weight is 465 g/mol. The van der Waals surface area contributed by atoms with Crippen LogP contribution in [0.25, 0.3) is 0 Å². The molecule has 0 spiro atoms. The monoisotopic (exact) mass is 462 g/mol. The van der Waals surface area contributed by atoms with E-state index in [0.29, 0.717) is 30.4 Å². The number of hydrogen-bond acceptors (Lipinski definition) is 3. The van der Waals surface area contributed by atoms with E-state index < -0.39 is 0 Å². The number of nitrogens with two attached hydrogens (primary N) is 1. The molecule has 1 amide bonds. The second-order valence-electron chi connectivity index (χ2n) is 3.98. The molecule has 4 N–H and O–H groups in total. The third kappa shape index (κ3) is 3.34. The molecule has 4 nitrogen and oxygen atoms in total. The van der Waals surface area contributed by atoms with Crippen molar-refractivity contribution in [1.29, 1.82) is 0 Å². The molecule has 0 aromatic heterocycles. The lowest BCUT2D eigenvalue weighted by Gasteiger charge is -2.11. The zero-order valence-electron chi connectivity index (χ0n) is 9.95. The van der Waals surface area contributed by atoms with E-state index >= 15 is 0 Å². The number of phenols is 1. The summed E-state index contributed by atoms with van der Waals surface area (Å²) < 4.78 is 1.86. The predicted octanol–water partition coefficient (Wildman–Crippen LogP) is 4.51. The van der Waals surface area contributed by atoms with Crippen LogP contribution < -0.4 is 11.1 Å². The Labute approximate surface area is 140 Å². The summed E-state index contributed by atoms with van der Waals surface area (Å²) in [6, 6.07) is 7.99. The van der Waals surface area contributed by atoms with Crippen molar-refractivity contribution >= 4 is 65.1 Å². The lowest BCUT2D eigenvalue weighted by Crippen LogP contribution is -2.12. The standard InChI is InChI=1S/C13H9Br3N2O2/c14-8-2-1-6(3-11(8)19)13(20)18-12-9(15)4-7(17)5-10(12)16/h1-5,19H,17H2,(H,18,20). The van der Waals surface area contributed by atoms with Gasteiger partial charge in [-0.15, -0.1) is 0 Å². The fourth-order valence-corrected chi connectivity index (χ4v) is 3.22. The minimum atomic E-state index is -0.334.